The molecule has 0 radical (unpaired) electrons. The largest absolute Gasteiger partial charge is 0.482 e. The Labute approximate surface area is 125 Å². The van der Waals surface area contributed by atoms with Crippen molar-refractivity contribution >= 4 is 16.9 Å². The Balaban J connectivity index is 1.60. The Morgan fingerprint density at radius 1 is 1.05 bits per heavy atom. The second-order valence-corrected chi connectivity index (χ2v) is 4.52. The lowest BCUT2D eigenvalue weighted by molar-refractivity contribution is -0.152. The first-order valence-electron chi connectivity index (χ1n) is 6.66. The van der Waals surface area contributed by atoms with Gasteiger partial charge in [0.25, 0.3) is 0 Å². The summed E-state index contributed by atoms with van der Waals surface area (Å²) in [5.41, 5.74) is 0.108. The van der Waals surface area contributed by atoms with E-state index in [9.17, 15) is 9.59 Å². The molecule has 0 aliphatic heterocycles. The molecule has 0 saturated heterocycles. The van der Waals surface area contributed by atoms with Crippen LogP contribution in [0.4, 0.5) is 0 Å². The molecule has 1 aromatic heterocycles. The highest BCUT2D eigenvalue weighted by atomic mass is 16.6. The maximum absolute atomic E-state index is 11.7. The van der Waals surface area contributed by atoms with E-state index in [2.05, 4.69) is 0 Å². The summed E-state index contributed by atoms with van der Waals surface area (Å²) in [5, 5.41) is 0.444. The van der Waals surface area contributed by atoms with Crippen molar-refractivity contribution in [2.45, 2.75) is 6.73 Å². The lowest BCUT2D eigenvalue weighted by atomic mass is 10.2. The van der Waals surface area contributed by atoms with E-state index in [1.165, 1.54) is 4.74 Å². The van der Waals surface area contributed by atoms with Gasteiger partial charge >= 0.3 is 11.6 Å². The third-order valence-corrected chi connectivity index (χ3v) is 3.03. The topological polar surface area (TPSA) is 70.7 Å². The molecule has 0 amide bonds. The summed E-state index contributed by atoms with van der Waals surface area (Å²) in [6.07, 6.45) is 0. The molecule has 3 rings (SSSR count). The number of benzene rings is 2. The Hall–Kier alpha value is -3.02. The molecular formula is C16H13NO5. The maximum atomic E-state index is 11.7. The van der Waals surface area contributed by atoms with Gasteiger partial charge in [-0.2, -0.15) is 4.74 Å². The van der Waals surface area contributed by atoms with Crippen LogP contribution in [0.1, 0.15) is 0 Å². The maximum Gasteiger partial charge on any atom is 0.365 e. The van der Waals surface area contributed by atoms with E-state index < -0.39 is 11.6 Å². The lowest BCUT2D eigenvalue weighted by Crippen LogP contribution is -2.16. The molecule has 6 nitrogen and oxygen atoms in total. The molecule has 112 valence electrons. The van der Waals surface area contributed by atoms with E-state index in [1.807, 2.05) is 6.07 Å². The van der Waals surface area contributed by atoms with E-state index in [0.717, 1.165) is 0 Å². The smallest absolute Gasteiger partial charge is 0.365 e. The molecule has 0 spiro atoms. The van der Waals surface area contributed by atoms with E-state index in [0.29, 0.717) is 16.7 Å². The Bertz CT molecular complexity index is 834. The van der Waals surface area contributed by atoms with Crippen LogP contribution in [0.15, 0.2) is 63.9 Å². The van der Waals surface area contributed by atoms with Gasteiger partial charge in [-0.15, -0.1) is 0 Å². The number of hydrogen-bond donors (Lipinski definition) is 0. The van der Waals surface area contributed by atoms with E-state index in [4.69, 9.17) is 14.0 Å². The lowest BCUT2D eigenvalue weighted by Gasteiger charge is -2.07. The van der Waals surface area contributed by atoms with Gasteiger partial charge in [-0.1, -0.05) is 30.3 Å². The first-order chi connectivity index (χ1) is 10.7. The summed E-state index contributed by atoms with van der Waals surface area (Å²) in [6, 6.07) is 15.8. The number of rotatable bonds is 5. The SMILES string of the molecule is O=C(COc1ccccc1)OCn1oc(=O)c2ccccc21. The summed E-state index contributed by atoms with van der Waals surface area (Å²) < 4.78 is 16.6. The van der Waals surface area contributed by atoms with E-state index in [-0.39, 0.29) is 13.3 Å². The molecule has 0 unspecified atom stereocenters. The first-order valence-corrected chi connectivity index (χ1v) is 6.66. The molecule has 0 bridgehead atoms. The molecule has 22 heavy (non-hydrogen) atoms. The predicted octanol–water partition coefficient (Wildman–Crippen LogP) is 2.17. The highest BCUT2D eigenvalue weighted by Gasteiger charge is 2.10. The van der Waals surface area contributed by atoms with Crippen LogP contribution in [0.5, 0.6) is 5.75 Å². The summed E-state index contributed by atoms with van der Waals surface area (Å²) in [6.45, 7) is -0.396. The zero-order valence-corrected chi connectivity index (χ0v) is 11.6. The van der Waals surface area contributed by atoms with Crippen molar-refractivity contribution in [2.75, 3.05) is 6.61 Å². The van der Waals surface area contributed by atoms with Crippen molar-refractivity contribution in [3.05, 3.63) is 65.0 Å². The Morgan fingerprint density at radius 3 is 2.59 bits per heavy atom. The zero-order chi connectivity index (χ0) is 15.4. The van der Waals surface area contributed by atoms with Crippen molar-refractivity contribution < 1.29 is 18.8 Å². The van der Waals surface area contributed by atoms with Crippen LogP contribution in [0.25, 0.3) is 10.9 Å². The van der Waals surface area contributed by atoms with Crippen LogP contribution in [0, 0.1) is 0 Å². The zero-order valence-electron chi connectivity index (χ0n) is 11.6. The van der Waals surface area contributed by atoms with E-state index in [1.54, 1.807) is 48.5 Å². The van der Waals surface area contributed by atoms with Gasteiger partial charge in [0.2, 0.25) is 0 Å². The number of para-hydroxylation sites is 2. The monoisotopic (exact) mass is 299 g/mol. The van der Waals surface area contributed by atoms with Crippen LogP contribution in [-0.2, 0) is 16.3 Å². The minimum atomic E-state index is -0.552. The standard InChI is InChI=1S/C16H13NO5/c18-15(10-20-12-6-2-1-3-7-12)21-11-17-14-9-5-4-8-13(14)16(19)22-17/h1-9H,10-11H2. The minimum Gasteiger partial charge on any atom is -0.482 e. The third kappa shape index (κ3) is 3.01. The fraction of sp³-hybridized carbons (Fsp3) is 0.125. The van der Waals surface area contributed by atoms with Gasteiger partial charge in [0.1, 0.15) is 5.75 Å². The average Bonchev–Trinajstić information content (AvgIpc) is 2.89. The van der Waals surface area contributed by atoms with Crippen molar-refractivity contribution in [3.63, 3.8) is 0 Å². The van der Waals surface area contributed by atoms with Gasteiger partial charge in [0.05, 0.1) is 10.9 Å². The second-order valence-electron chi connectivity index (χ2n) is 4.52. The summed E-state index contributed by atoms with van der Waals surface area (Å²) in [7, 11) is 0. The summed E-state index contributed by atoms with van der Waals surface area (Å²) in [4.78, 5) is 23.3. The van der Waals surface area contributed by atoms with Crippen molar-refractivity contribution in [3.8, 4) is 5.75 Å². The van der Waals surface area contributed by atoms with Gasteiger partial charge in [0, 0.05) is 0 Å². The molecule has 0 fully saturated rings. The van der Waals surface area contributed by atoms with E-state index >= 15 is 0 Å². The minimum absolute atomic E-state index is 0.181. The van der Waals surface area contributed by atoms with Crippen molar-refractivity contribution in [1.82, 2.24) is 4.74 Å². The first kappa shape index (κ1) is 13.9. The number of esters is 1. The average molecular weight is 299 g/mol. The van der Waals surface area contributed by atoms with Crippen LogP contribution in [0.3, 0.4) is 0 Å². The molecule has 0 saturated carbocycles. The molecule has 3 aromatic rings. The van der Waals surface area contributed by atoms with Gasteiger partial charge in [0.15, 0.2) is 13.3 Å². The highest BCUT2D eigenvalue weighted by molar-refractivity contribution is 5.77. The normalized spacial score (nSPS) is 10.5. The number of aromatic nitrogens is 1. The quantitative estimate of drug-likeness (QED) is 0.675. The number of carbonyl (C=O) groups is 1. The van der Waals surface area contributed by atoms with Crippen LogP contribution in [-0.4, -0.2) is 17.3 Å². The fourth-order valence-electron chi connectivity index (χ4n) is 1.99. The number of carbonyl (C=O) groups excluding carboxylic acids is 1. The predicted molar refractivity (Wildman–Crippen MR) is 78.5 cm³/mol. The van der Waals surface area contributed by atoms with Gasteiger partial charge in [-0.05, 0) is 24.3 Å². The van der Waals surface area contributed by atoms with Crippen molar-refractivity contribution in [2.24, 2.45) is 0 Å². The molecule has 0 N–H and O–H groups in total. The molecule has 0 aliphatic carbocycles. The number of ether oxygens (including phenoxy) is 2. The van der Waals surface area contributed by atoms with Gasteiger partial charge < -0.3 is 14.0 Å². The molecular weight excluding hydrogens is 286 g/mol. The number of nitrogens with zero attached hydrogens (tertiary/aromatic N) is 1. The van der Waals surface area contributed by atoms with Crippen LogP contribution < -0.4 is 10.4 Å². The molecule has 2 aromatic carbocycles. The molecule has 6 heteroatoms. The molecule has 0 atom stereocenters. The van der Waals surface area contributed by atoms with Crippen LogP contribution in [0.2, 0.25) is 0 Å². The number of hydrogen-bond acceptors (Lipinski definition) is 5. The summed E-state index contributed by atoms with van der Waals surface area (Å²) >= 11 is 0. The highest BCUT2D eigenvalue weighted by Crippen LogP contribution is 2.11. The van der Waals surface area contributed by atoms with Crippen LogP contribution >= 0.6 is 0 Å². The fourth-order valence-corrected chi connectivity index (χ4v) is 1.99. The third-order valence-electron chi connectivity index (χ3n) is 3.03. The number of fused-ring (bicyclic) bond motifs is 1. The van der Waals surface area contributed by atoms with Gasteiger partial charge in [-0.3, -0.25) is 0 Å². The summed E-state index contributed by atoms with van der Waals surface area (Å²) in [5.74, 6) is 0.0293. The second kappa shape index (κ2) is 6.17. The Morgan fingerprint density at radius 2 is 1.77 bits per heavy atom. The molecule has 1 heterocycles. The molecule has 0 aliphatic rings. The Kier molecular flexibility index (Phi) is 3.91. The van der Waals surface area contributed by atoms with Crippen molar-refractivity contribution in [1.29, 1.82) is 0 Å². The van der Waals surface area contributed by atoms with Gasteiger partial charge in [-0.25, -0.2) is 9.59 Å².